The molecule has 0 heterocycles. The molecule has 142 valence electrons. The summed E-state index contributed by atoms with van der Waals surface area (Å²) in [6, 6.07) is 9.05. The van der Waals surface area contributed by atoms with Crippen molar-refractivity contribution in [3.05, 3.63) is 67.7 Å². The molecule has 0 radical (unpaired) electrons. The summed E-state index contributed by atoms with van der Waals surface area (Å²) in [5.41, 5.74) is 5.60. The van der Waals surface area contributed by atoms with Crippen LogP contribution >= 0.6 is 35.0 Å². The van der Waals surface area contributed by atoms with E-state index in [-0.39, 0.29) is 34.4 Å². The van der Waals surface area contributed by atoms with Crippen LogP contribution in [0.2, 0.25) is 10.0 Å². The Balaban J connectivity index is 2.07. The Bertz CT molecular complexity index is 908. The number of nitrogens with two attached hydrogens (primary N) is 1. The molecule has 2 amide bonds. The molecule has 0 atom stereocenters. The van der Waals surface area contributed by atoms with Gasteiger partial charge in [0.15, 0.2) is 0 Å². The number of primary amides is 1. The Hall–Kier alpha value is -2.29. The number of carbonyl (C=O) groups is 2. The zero-order valence-electron chi connectivity index (χ0n) is 14.1. The van der Waals surface area contributed by atoms with Gasteiger partial charge in [-0.05, 0) is 23.8 Å². The highest BCUT2D eigenvalue weighted by Gasteiger charge is 2.19. The normalized spacial score (nSPS) is 10.5. The molecule has 7 nitrogen and oxygen atoms in total. The molecule has 0 aliphatic carbocycles. The maximum Gasteiger partial charge on any atom is 0.283 e. The van der Waals surface area contributed by atoms with Gasteiger partial charge in [0.2, 0.25) is 11.8 Å². The number of hydrogen-bond donors (Lipinski definition) is 1. The molecule has 2 aromatic rings. The van der Waals surface area contributed by atoms with Crippen LogP contribution in [0.15, 0.2) is 41.3 Å². The van der Waals surface area contributed by atoms with Crippen molar-refractivity contribution < 1.29 is 14.5 Å². The summed E-state index contributed by atoms with van der Waals surface area (Å²) in [4.78, 5) is 35.8. The second-order valence-electron chi connectivity index (χ2n) is 5.56. The first-order chi connectivity index (χ1) is 12.7. The number of nitrogens with zero attached hydrogens (tertiary/aromatic N) is 2. The highest BCUT2D eigenvalue weighted by molar-refractivity contribution is 8.00. The van der Waals surface area contributed by atoms with Crippen LogP contribution in [0, 0.1) is 10.1 Å². The van der Waals surface area contributed by atoms with Gasteiger partial charge in [0.05, 0.1) is 25.6 Å². The summed E-state index contributed by atoms with van der Waals surface area (Å²) in [6.07, 6.45) is 0. The van der Waals surface area contributed by atoms with Crippen molar-refractivity contribution in [3.8, 4) is 0 Å². The van der Waals surface area contributed by atoms with Crippen molar-refractivity contribution in [3.63, 3.8) is 0 Å². The minimum Gasteiger partial charge on any atom is -0.366 e. The average Bonchev–Trinajstić information content (AvgIpc) is 2.63. The number of thioether (sulfide) groups is 1. The minimum absolute atomic E-state index is 0.0224. The van der Waals surface area contributed by atoms with Crippen molar-refractivity contribution in [2.45, 2.75) is 11.4 Å². The monoisotopic (exact) mass is 427 g/mol. The highest BCUT2D eigenvalue weighted by Crippen LogP contribution is 2.31. The molecule has 0 saturated heterocycles. The summed E-state index contributed by atoms with van der Waals surface area (Å²) in [5.74, 6) is -1.03. The quantitative estimate of drug-likeness (QED) is 0.411. The van der Waals surface area contributed by atoms with Crippen molar-refractivity contribution in [2.75, 3.05) is 12.8 Å². The number of nitro groups is 1. The molecule has 2 rings (SSSR count). The lowest BCUT2D eigenvalue weighted by molar-refractivity contribution is -0.387. The third-order valence-corrected chi connectivity index (χ3v) is 5.56. The third-order valence-electron chi connectivity index (χ3n) is 3.66. The predicted octanol–water partition coefficient (Wildman–Crippen LogP) is 3.75. The van der Waals surface area contributed by atoms with E-state index in [9.17, 15) is 19.7 Å². The van der Waals surface area contributed by atoms with E-state index in [1.807, 2.05) is 0 Å². The van der Waals surface area contributed by atoms with Crippen LogP contribution in [0.4, 0.5) is 5.69 Å². The van der Waals surface area contributed by atoms with Gasteiger partial charge >= 0.3 is 0 Å². The van der Waals surface area contributed by atoms with Crippen LogP contribution in [-0.4, -0.2) is 34.4 Å². The van der Waals surface area contributed by atoms with Crippen LogP contribution in [0.25, 0.3) is 0 Å². The molecule has 0 fully saturated rings. The van der Waals surface area contributed by atoms with Gasteiger partial charge in [-0.3, -0.25) is 19.7 Å². The van der Waals surface area contributed by atoms with Crippen LogP contribution in [0.1, 0.15) is 15.9 Å². The topological polar surface area (TPSA) is 107 Å². The summed E-state index contributed by atoms with van der Waals surface area (Å²) >= 11 is 13.1. The molecule has 27 heavy (non-hydrogen) atoms. The maximum absolute atomic E-state index is 12.4. The van der Waals surface area contributed by atoms with Gasteiger partial charge in [0.1, 0.15) is 0 Å². The fourth-order valence-corrected chi connectivity index (χ4v) is 3.52. The Morgan fingerprint density at radius 2 is 1.96 bits per heavy atom. The van der Waals surface area contributed by atoms with Gasteiger partial charge in [-0.1, -0.05) is 35.3 Å². The molecule has 0 unspecified atom stereocenters. The van der Waals surface area contributed by atoms with Crippen molar-refractivity contribution in [2.24, 2.45) is 5.73 Å². The molecule has 2 N–H and O–H groups in total. The summed E-state index contributed by atoms with van der Waals surface area (Å²) in [7, 11) is 1.60. The number of carbonyl (C=O) groups excluding carboxylic acids is 2. The largest absolute Gasteiger partial charge is 0.366 e. The van der Waals surface area contributed by atoms with E-state index in [4.69, 9.17) is 28.9 Å². The number of amides is 2. The van der Waals surface area contributed by atoms with E-state index in [2.05, 4.69) is 0 Å². The van der Waals surface area contributed by atoms with E-state index in [0.717, 1.165) is 17.8 Å². The second kappa shape index (κ2) is 9.07. The van der Waals surface area contributed by atoms with E-state index in [0.29, 0.717) is 15.6 Å². The number of rotatable bonds is 7. The molecule has 0 spiro atoms. The third kappa shape index (κ3) is 5.35. The first-order valence-electron chi connectivity index (χ1n) is 7.58. The van der Waals surface area contributed by atoms with Crippen molar-refractivity contribution in [1.29, 1.82) is 0 Å². The molecule has 0 aromatic heterocycles. The number of hydrogen-bond acceptors (Lipinski definition) is 5. The first-order valence-corrected chi connectivity index (χ1v) is 9.32. The van der Waals surface area contributed by atoms with Crippen molar-refractivity contribution in [1.82, 2.24) is 4.90 Å². The molecule has 0 aliphatic rings. The van der Waals surface area contributed by atoms with Gasteiger partial charge in [-0.2, -0.15) is 0 Å². The summed E-state index contributed by atoms with van der Waals surface area (Å²) in [6.45, 7) is 0.251. The van der Waals surface area contributed by atoms with Gasteiger partial charge < -0.3 is 10.6 Å². The predicted molar refractivity (Wildman–Crippen MR) is 105 cm³/mol. The minimum atomic E-state index is -0.760. The first kappa shape index (κ1) is 21.0. The smallest absolute Gasteiger partial charge is 0.283 e. The lowest BCUT2D eigenvalue weighted by Crippen LogP contribution is -2.28. The standard InChI is InChI=1S/C17H15Cl2N3O4S/c1-21(8-11-3-2-4-12(18)16(11)19)15(23)9-27-14-6-5-10(17(20)24)7-13(14)22(25)26/h2-7H,8-9H2,1H3,(H2,20,24). The van der Waals surface area contributed by atoms with Gasteiger partial charge in [0.25, 0.3) is 5.69 Å². The Labute approximate surface area is 169 Å². The molecule has 0 saturated carbocycles. The number of halogens is 2. The van der Waals surface area contributed by atoms with E-state index < -0.39 is 10.8 Å². The molecule has 0 aliphatic heterocycles. The molecule has 10 heteroatoms. The highest BCUT2D eigenvalue weighted by atomic mass is 35.5. The van der Waals surface area contributed by atoms with E-state index in [1.54, 1.807) is 25.2 Å². The lowest BCUT2D eigenvalue weighted by atomic mass is 10.2. The van der Waals surface area contributed by atoms with E-state index >= 15 is 0 Å². The zero-order valence-corrected chi connectivity index (χ0v) is 16.5. The Morgan fingerprint density at radius 3 is 2.59 bits per heavy atom. The van der Waals surface area contributed by atoms with Crippen LogP contribution < -0.4 is 5.73 Å². The molecular formula is C17H15Cl2N3O4S. The molecular weight excluding hydrogens is 413 g/mol. The van der Waals surface area contributed by atoms with E-state index in [1.165, 1.54) is 17.0 Å². The Kier molecular flexibility index (Phi) is 7.06. The zero-order chi connectivity index (χ0) is 20.1. The number of benzene rings is 2. The fourth-order valence-electron chi connectivity index (χ4n) is 2.20. The molecule has 0 bridgehead atoms. The molecule has 2 aromatic carbocycles. The van der Waals surface area contributed by atoms with Gasteiger partial charge in [-0.15, -0.1) is 11.8 Å². The van der Waals surface area contributed by atoms with Gasteiger partial charge in [0, 0.05) is 25.2 Å². The Morgan fingerprint density at radius 1 is 1.26 bits per heavy atom. The van der Waals surface area contributed by atoms with Crippen molar-refractivity contribution >= 4 is 52.5 Å². The maximum atomic E-state index is 12.4. The average molecular weight is 428 g/mol. The lowest BCUT2D eigenvalue weighted by Gasteiger charge is -2.18. The SMILES string of the molecule is CN(Cc1cccc(Cl)c1Cl)C(=O)CSc1ccc(C(N)=O)cc1[N+](=O)[O-]. The number of nitro benzene ring substituents is 1. The second-order valence-corrected chi connectivity index (χ2v) is 7.36. The van der Waals surface area contributed by atoms with Crippen LogP contribution in [0.3, 0.4) is 0 Å². The van der Waals surface area contributed by atoms with Crippen LogP contribution in [-0.2, 0) is 11.3 Å². The van der Waals surface area contributed by atoms with Crippen LogP contribution in [0.5, 0.6) is 0 Å². The summed E-state index contributed by atoms with van der Waals surface area (Å²) < 4.78 is 0. The summed E-state index contributed by atoms with van der Waals surface area (Å²) in [5, 5.41) is 12.0. The van der Waals surface area contributed by atoms with Gasteiger partial charge in [-0.25, -0.2) is 0 Å². The fraction of sp³-hybridized carbons (Fsp3) is 0.176.